The van der Waals surface area contributed by atoms with Gasteiger partial charge in [-0.2, -0.15) is 0 Å². The van der Waals surface area contributed by atoms with Crippen LogP contribution in [0.1, 0.15) is 16.1 Å². The molecule has 0 fully saturated rings. The fraction of sp³-hybridized carbons (Fsp3) is 0.0769. The number of hydrogen-bond acceptors (Lipinski definition) is 3. The van der Waals surface area contributed by atoms with E-state index in [2.05, 4.69) is 10.3 Å². The molecular formula is C13H13N3O. The molecule has 4 nitrogen and oxygen atoms in total. The normalized spacial score (nSPS) is 9.94. The number of nitrogen functional groups attached to an aromatic ring is 1. The van der Waals surface area contributed by atoms with E-state index in [1.807, 2.05) is 18.2 Å². The Balaban J connectivity index is 2.16. The summed E-state index contributed by atoms with van der Waals surface area (Å²) < 4.78 is 0. The Morgan fingerprint density at radius 1 is 1.18 bits per heavy atom. The molecule has 3 N–H and O–H groups in total. The van der Waals surface area contributed by atoms with E-state index in [1.54, 1.807) is 31.2 Å². The summed E-state index contributed by atoms with van der Waals surface area (Å²) in [5.74, 6) is 0.327. The first-order valence-corrected chi connectivity index (χ1v) is 5.26. The molecular weight excluding hydrogens is 214 g/mol. The third-order valence-corrected chi connectivity index (χ3v) is 2.40. The van der Waals surface area contributed by atoms with Gasteiger partial charge >= 0.3 is 0 Å². The third kappa shape index (κ3) is 2.60. The van der Waals surface area contributed by atoms with Crippen molar-refractivity contribution in [3.8, 4) is 0 Å². The monoisotopic (exact) mass is 227 g/mol. The van der Waals surface area contributed by atoms with Crippen molar-refractivity contribution in [1.29, 1.82) is 0 Å². The van der Waals surface area contributed by atoms with E-state index >= 15 is 0 Å². The predicted octanol–water partition coefficient (Wildman–Crippen LogP) is 2.22. The van der Waals surface area contributed by atoms with Gasteiger partial charge in [0.25, 0.3) is 5.91 Å². The number of hydrogen-bond donors (Lipinski definition) is 2. The van der Waals surface area contributed by atoms with E-state index in [-0.39, 0.29) is 5.91 Å². The molecule has 0 aliphatic carbocycles. The van der Waals surface area contributed by atoms with Crippen molar-refractivity contribution in [3.05, 3.63) is 53.7 Å². The van der Waals surface area contributed by atoms with E-state index in [9.17, 15) is 4.79 Å². The van der Waals surface area contributed by atoms with Crippen molar-refractivity contribution in [2.45, 2.75) is 6.92 Å². The van der Waals surface area contributed by atoms with Gasteiger partial charge < -0.3 is 11.1 Å². The number of anilines is 2. The largest absolute Gasteiger partial charge is 0.397 e. The van der Waals surface area contributed by atoms with Crippen LogP contribution in [0.3, 0.4) is 0 Å². The van der Waals surface area contributed by atoms with Gasteiger partial charge in [0.2, 0.25) is 0 Å². The first kappa shape index (κ1) is 11.1. The summed E-state index contributed by atoms with van der Waals surface area (Å²) in [7, 11) is 0. The molecule has 0 unspecified atom stereocenters. The number of rotatable bonds is 2. The summed E-state index contributed by atoms with van der Waals surface area (Å²) in [6.45, 7) is 1.80. The minimum absolute atomic E-state index is 0.178. The lowest BCUT2D eigenvalue weighted by atomic mass is 10.2. The lowest BCUT2D eigenvalue weighted by molar-refractivity contribution is 0.102. The summed E-state index contributed by atoms with van der Waals surface area (Å²) in [6, 6.07) is 12.4. The highest BCUT2D eigenvalue weighted by molar-refractivity contribution is 6.03. The average Bonchev–Trinajstić information content (AvgIpc) is 2.35. The highest BCUT2D eigenvalue weighted by Crippen LogP contribution is 2.12. The number of amides is 1. The van der Waals surface area contributed by atoms with Crippen LogP contribution < -0.4 is 11.1 Å². The zero-order valence-corrected chi connectivity index (χ0v) is 9.47. The van der Waals surface area contributed by atoms with Gasteiger partial charge in [0, 0.05) is 5.56 Å². The molecule has 0 saturated heterocycles. The second-order valence-corrected chi connectivity index (χ2v) is 3.69. The summed E-state index contributed by atoms with van der Waals surface area (Å²) in [5.41, 5.74) is 7.57. The van der Waals surface area contributed by atoms with Gasteiger partial charge in [-0.15, -0.1) is 0 Å². The van der Waals surface area contributed by atoms with Crippen molar-refractivity contribution in [2.24, 2.45) is 0 Å². The number of benzene rings is 1. The minimum atomic E-state index is -0.178. The highest BCUT2D eigenvalue weighted by Gasteiger charge is 2.06. The smallest absolute Gasteiger partial charge is 0.256 e. The molecule has 0 atom stereocenters. The van der Waals surface area contributed by atoms with Crippen LogP contribution in [0.15, 0.2) is 42.5 Å². The first-order chi connectivity index (χ1) is 8.16. The van der Waals surface area contributed by atoms with Gasteiger partial charge in [-0.3, -0.25) is 4.79 Å². The quantitative estimate of drug-likeness (QED) is 0.826. The predicted molar refractivity (Wildman–Crippen MR) is 67.8 cm³/mol. The topological polar surface area (TPSA) is 68.0 Å². The molecule has 2 aromatic rings. The van der Waals surface area contributed by atoms with E-state index in [4.69, 9.17) is 5.73 Å². The number of carbonyl (C=O) groups excluding carboxylic acids is 1. The SMILES string of the molecule is Cc1nc(NC(=O)c2ccccc2)ccc1N. The average molecular weight is 227 g/mol. The van der Waals surface area contributed by atoms with Gasteiger partial charge in [0.05, 0.1) is 11.4 Å². The molecule has 0 bridgehead atoms. The molecule has 0 aliphatic heterocycles. The van der Waals surface area contributed by atoms with Crippen LogP contribution in [0.4, 0.5) is 11.5 Å². The number of nitrogens with one attached hydrogen (secondary N) is 1. The summed E-state index contributed by atoms with van der Waals surface area (Å²) >= 11 is 0. The fourth-order valence-electron chi connectivity index (χ4n) is 1.42. The van der Waals surface area contributed by atoms with E-state index in [0.29, 0.717) is 22.8 Å². The van der Waals surface area contributed by atoms with Crippen LogP contribution in [0.5, 0.6) is 0 Å². The van der Waals surface area contributed by atoms with E-state index < -0.39 is 0 Å². The molecule has 1 aromatic heterocycles. The van der Waals surface area contributed by atoms with Crippen LogP contribution in [0, 0.1) is 6.92 Å². The van der Waals surface area contributed by atoms with Gasteiger partial charge in [-0.1, -0.05) is 18.2 Å². The Labute approximate surface area is 99.5 Å². The third-order valence-electron chi connectivity index (χ3n) is 2.40. The van der Waals surface area contributed by atoms with Crippen molar-refractivity contribution in [2.75, 3.05) is 11.1 Å². The van der Waals surface area contributed by atoms with Crippen LogP contribution in [0.2, 0.25) is 0 Å². The van der Waals surface area contributed by atoms with Crippen LogP contribution in [-0.4, -0.2) is 10.9 Å². The van der Waals surface area contributed by atoms with Crippen LogP contribution >= 0.6 is 0 Å². The summed E-state index contributed by atoms with van der Waals surface area (Å²) in [5, 5.41) is 2.72. The molecule has 4 heteroatoms. The van der Waals surface area contributed by atoms with Gasteiger partial charge in [0.1, 0.15) is 5.82 Å². The highest BCUT2D eigenvalue weighted by atomic mass is 16.1. The van der Waals surface area contributed by atoms with Gasteiger partial charge in [-0.05, 0) is 31.2 Å². The molecule has 1 heterocycles. The first-order valence-electron chi connectivity index (χ1n) is 5.26. The number of aryl methyl sites for hydroxylation is 1. The Bertz CT molecular complexity index is 538. The summed E-state index contributed by atoms with van der Waals surface area (Å²) in [6.07, 6.45) is 0. The molecule has 0 spiro atoms. The van der Waals surface area contributed by atoms with Crippen molar-refractivity contribution < 1.29 is 4.79 Å². The second kappa shape index (κ2) is 4.65. The van der Waals surface area contributed by atoms with Gasteiger partial charge in [-0.25, -0.2) is 4.98 Å². The van der Waals surface area contributed by atoms with Crippen molar-refractivity contribution in [1.82, 2.24) is 4.98 Å². The number of nitrogens with two attached hydrogens (primary N) is 1. The lowest BCUT2D eigenvalue weighted by Crippen LogP contribution is -2.13. The lowest BCUT2D eigenvalue weighted by Gasteiger charge is -2.06. The number of carbonyl (C=O) groups is 1. The van der Waals surface area contributed by atoms with Gasteiger partial charge in [0.15, 0.2) is 0 Å². The molecule has 0 aliphatic rings. The van der Waals surface area contributed by atoms with E-state index in [0.717, 1.165) is 0 Å². The van der Waals surface area contributed by atoms with Crippen LogP contribution in [0.25, 0.3) is 0 Å². The maximum absolute atomic E-state index is 11.8. The van der Waals surface area contributed by atoms with Crippen molar-refractivity contribution in [3.63, 3.8) is 0 Å². The molecule has 0 saturated carbocycles. The Hall–Kier alpha value is -2.36. The maximum atomic E-state index is 11.8. The fourth-order valence-corrected chi connectivity index (χ4v) is 1.42. The minimum Gasteiger partial charge on any atom is -0.397 e. The molecule has 0 radical (unpaired) electrons. The number of aromatic nitrogens is 1. The van der Waals surface area contributed by atoms with Crippen LogP contribution in [-0.2, 0) is 0 Å². The molecule has 17 heavy (non-hydrogen) atoms. The molecule has 86 valence electrons. The molecule has 1 aromatic carbocycles. The molecule has 2 rings (SSSR count). The van der Waals surface area contributed by atoms with Crippen molar-refractivity contribution >= 4 is 17.4 Å². The second-order valence-electron chi connectivity index (χ2n) is 3.69. The Kier molecular flexibility index (Phi) is 3.05. The number of nitrogens with zero attached hydrogens (tertiary/aromatic N) is 1. The Morgan fingerprint density at radius 3 is 2.53 bits per heavy atom. The van der Waals surface area contributed by atoms with E-state index in [1.165, 1.54) is 0 Å². The zero-order chi connectivity index (χ0) is 12.3. The molecule has 1 amide bonds. The summed E-state index contributed by atoms with van der Waals surface area (Å²) in [4.78, 5) is 16.0. The number of pyridine rings is 1. The Morgan fingerprint density at radius 2 is 1.88 bits per heavy atom. The maximum Gasteiger partial charge on any atom is 0.256 e. The zero-order valence-electron chi connectivity index (χ0n) is 9.47. The standard InChI is InChI=1S/C13H13N3O/c1-9-11(14)7-8-12(15-9)16-13(17)10-5-3-2-4-6-10/h2-8H,14H2,1H3,(H,15,16,17).